The van der Waals surface area contributed by atoms with E-state index in [2.05, 4.69) is 11.0 Å². The molecule has 4 rings (SSSR count). The summed E-state index contributed by atoms with van der Waals surface area (Å²) >= 11 is 7.79. The van der Waals surface area contributed by atoms with Gasteiger partial charge in [-0.2, -0.15) is 4.31 Å². The number of carbonyl (C=O) groups is 1. The number of rotatable bonds is 8. The van der Waals surface area contributed by atoms with Crippen molar-refractivity contribution in [1.29, 1.82) is 0 Å². The minimum absolute atomic E-state index is 0.0225. The fourth-order valence-corrected chi connectivity index (χ4v) is 6.81. The lowest BCUT2D eigenvalue weighted by Gasteiger charge is -2.35. The van der Waals surface area contributed by atoms with Crippen LogP contribution in [0.1, 0.15) is 17.7 Å². The minimum Gasteiger partial charge on any atom is -0.377 e. The first-order valence-corrected chi connectivity index (χ1v) is 13.5. The Balaban J connectivity index is 1.35. The van der Waals surface area contributed by atoms with Gasteiger partial charge in [0.1, 0.15) is 4.90 Å². The van der Waals surface area contributed by atoms with Crippen molar-refractivity contribution in [3.63, 3.8) is 0 Å². The van der Waals surface area contributed by atoms with Crippen LogP contribution in [0.15, 0.2) is 46.7 Å². The van der Waals surface area contributed by atoms with Gasteiger partial charge < -0.3 is 9.64 Å². The zero-order valence-corrected chi connectivity index (χ0v) is 20.2. The van der Waals surface area contributed by atoms with Crippen molar-refractivity contribution in [2.24, 2.45) is 0 Å². The van der Waals surface area contributed by atoms with Gasteiger partial charge in [0, 0.05) is 50.8 Å². The average molecular weight is 498 g/mol. The Labute approximate surface area is 198 Å². The Kier molecular flexibility index (Phi) is 7.86. The lowest BCUT2D eigenvalue weighted by atomic mass is 10.2. The third-order valence-electron chi connectivity index (χ3n) is 5.85. The highest BCUT2D eigenvalue weighted by Gasteiger charge is 2.32. The molecule has 0 N–H and O–H groups in total. The summed E-state index contributed by atoms with van der Waals surface area (Å²) in [4.78, 5) is 18.3. The SMILES string of the molecule is O=C(CN(Cc1cccs1)C[C@H]1CCCO1)N1CCN(S(=O)(=O)c2ccccc2Cl)CC1. The monoisotopic (exact) mass is 497 g/mol. The summed E-state index contributed by atoms with van der Waals surface area (Å²) in [6.07, 6.45) is 2.25. The number of thiophene rings is 1. The topological polar surface area (TPSA) is 70.2 Å². The molecule has 2 aliphatic heterocycles. The number of sulfonamides is 1. The fraction of sp³-hybridized carbons (Fsp3) is 0.500. The third-order valence-corrected chi connectivity index (χ3v) is 9.11. The number of carbonyl (C=O) groups excluding carboxylic acids is 1. The summed E-state index contributed by atoms with van der Waals surface area (Å²) in [6.45, 7) is 3.79. The molecule has 1 aromatic heterocycles. The van der Waals surface area contributed by atoms with E-state index in [0.717, 1.165) is 26.0 Å². The van der Waals surface area contributed by atoms with Crippen LogP contribution in [0.25, 0.3) is 0 Å². The van der Waals surface area contributed by atoms with Crippen LogP contribution in [-0.4, -0.2) is 80.4 Å². The summed E-state index contributed by atoms with van der Waals surface area (Å²) < 4.78 is 33.1. The molecule has 3 heterocycles. The highest BCUT2D eigenvalue weighted by Crippen LogP contribution is 2.25. The van der Waals surface area contributed by atoms with Gasteiger partial charge in [-0.3, -0.25) is 9.69 Å². The second-order valence-corrected chi connectivity index (χ2v) is 11.4. The number of hydrogen-bond donors (Lipinski definition) is 0. The molecule has 2 fully saturated rings. The van der Waals surface area contributed by atoms with Crippen molar-refractivity contribution < 1.29 is 17.9 Å². The normalized spacial score (nSPS) is 20.2. The van der Waals surface area contributed by atoms with Crippen LogP contribution in [-0.2, 0) is 26.1 Å². The van der Waals surface area contributed by atoms with Crippen molar-refractivity contribution in [2.75, 3.05) is 45.9 Å². The van der Waals surface area contributed by atoms with E-state index in [1.807, 2.05) is 11.4 Å². The van der Waals surface area contributed by atoms with E-state index in [1.165, 1.54) is 15.2 Å². The number of nitrogens with zero attached hydrogens (tertiary/aromatic N) is 3. The molecule has 2 saturated heterocycles. The molecule has 0 bridgehead atoms. The molecule has 0 spiro atoms. The number of piperazine rings is 1. The van der Waals surface area contributed by atoms with E-state index < -0.39 is 10.0 Å². The number of ether oxygens (including phenoxy) is 1. The van der Waals surface area contributed by atoms with Gasteiger partial charge in [0.15, 0.2) is 0 Å². The van der Waals surface area contributed by atoms with Crippen molar-refractivity contribution in [3.8, 4) is 0 Å². The molecule has 1 amide bonds. The molecule has 1 atom stereocenters. The maximum atomic E-state index is 13.0. The Bertz CT molecular complexity index is 1000. The molecule has 0 aliphatic carbocycles. The fourth-order valence-electron chi connectivity index (χ4n) is 4.15. The third kappa shape index (κ3) is 5.70. The Morgan fingerprint density at radius 3 is 2.59 bits per heavy atom. The van der Waals surface area contributed by atoms with Crippen molar-refractivity contribution in [1.82, 2.24) is 14.1 Å². The highest BCUT2D eigenvalue weighted by molar-refractivity contribution is 7.89. The predicted octanol–water partition coefficient (Wildman–Crippen LogP) is 2.92. The number of benzene rings is 1. The predicted molar refractivity (Wildman–Crippen MR) is 125 cm³/mol. The maximum Gasteiger partial charge on any atom is 0.244 e. The molecule has 2 aromatic rings. The van der Waals surface area contributed by atoms with E-state index >= 15 is 0 Å². The van der Waals surface area contributed by atoms with Gasteiger partial charge in [0.05, 0.1) is 17.7 Å². The van der Waals surface area contributed by atoms with Gasteiger partial charge in [0.2, 0.25) is 15.9 Å². The molecule has 174 valence electrons. The average Bonchev–Trinajstić information content (AvgIpc) is 3.48. The standard InChI is InChI=1S/C22H28ClN3O4S2/c23-20-7-1-2-8-21(20)32(28,29)26-11-9-25(10-12-26)22(27)17-24(15-18-5-3-13-30-18)16-19-6-4-14-31-19/h1-2,4,6-8,14,18H,3,5,9-13,15-17H2/t18-/m1/s1. The van der Waals surface area contributed by atoms with E-state index in [9.17, 15) is 13.2 Å². The summed E-state index contributed by atoms with van der Waals surface area (Å²) in [5, 5.41) is 2.25. The van der Waals surface area contributed by atoms with Gasteiger partial charge >= 0.3 is 0 Å². The first-order chi connectivity index (χ1) is 15.4. The lowest BCUT2D eigenvalue weighted by Crippen LogP contribution is -2.52. The molecule has 7 nitrogen and oxygen atoms in total. The first-order valence-electron chi connectivity index (χ1n) is 10.8. The van der Waals surface area contributed by atoms with Crippen molar-refractivity contribution in [2.45, 2.75) is 30.4 Å². The number of hydrogen-bond acceptors (Lipinski definition) is 6. The van der Waals surface area contributed by atoms with Crippen LogP contribution in [0.2, 0.25) is 5.02 Å². The summed E-state index contributed by atoms with van der Waals surface area (Å²) in [5.74, 6) is 0.0225. The quantitative estimate of drug-likeness (QED) is 0.561. The van der Waals surface area contributed by atoms with Gasteiger partial charge in [-0.25, -0.2) is 8.42 Å². The van der Waals surface area contributed by atoms with E-state index in [4.69, 9.17) is 16.3 Å². The van der Waals surface area contributed by atoms with Crippen LogP contribution < -0.4 is 0 Å². The lowest BCUT2D eigenvalue weighted by molar-refractivity contribution is -0.134. The summed E-state index contributed by atoms with van der Waals surface area (Å²) in [7, 11) is -3.68. The van der Waals surface area contributed by atoms with Crippen LogP contribution in [0.4, 0.5) is 0 Å². The maximum absolute atomic E-state index is 13.0. The van der Waals surface area contributed by atoms with Crippen molar-refractivity contribution in [3.05, 3.63) is 51.7 Å². The molecule has 32 heavy (non-hydrogen) atoms. The molecule has 1 aromatic carbocycles. The van der Waals surface area contributed by atoms with Gasteiger partial charge in [-0.05, 0) is 36.4 Å². The number of halogens is 1. The molecule has 2 aliphatic rings. The largest absolute Gasteiger partial charge is 0.377 e. The van der Waals surface area contributed by atoms with E-state index in [0.29, 0.717) is 26.2 Å². The molecular weight excluding hydrogens is 470 g/mol. The van der Waals surface area contributed by atoms with Crippen molar-refractivity contribution >= 4 is 38.9 Å². The van der Waals surface area contributed by atoms with Gasteiger partial charge in [-0.15, -0.1) is 11.3 Å². The molecular formula is C22H28ClN3O4S2. The number of amides is 1. The molecule has 0 saturated carbocycles. The smallest absolute Gasteiger partial charge is 0.244 e. The summed E-state index contributed by atoms with van der Waals surface area (Å²) in [5.41, 5.74) is 0. The molecule has 0 unspecified atom stereocenters. The van der Waals surface area contributed by atoms with Crippen LogP contribution >= 0.6 is 22.9 Å². The van der Waals surface area contributed by atoms with Crippen LogP contribution in [0.3, 0.4) is 0 Å². The molecule has 0 radical (unpaired) electrons. The van der Waals surface area contributed by atoms with Crippen LogP contribution in [0, 0.1) is 0 Å². The second kappa shape index (κ2) is 10.6. The van der Waals surface area contributed by atoms with E-state index in [-0.39, 0.29) is 35.0 Å². The zero-order chi connectivity index (χ0) is 22.6. The first kappa shape index (κ1) is 23.7. The Morgan fingerprint density at radius 1 is 1.16 bits per heavy atom. The minimum atomic E-state index is -3.68. The van der Waals surface area contributed by atoms with E-state index in [1.54, 1.807) is 34.4 Å². The van der Waals surface area contributed by atoms with Gasteiger partial charge in [-0.1, -0.05) is 29.8 Å². The summed E-state index contributed by atoms with van der Waals surface area (Å²) in [6, 6.07) is 10.6. The van der Waals surface area contributed by atoms with Gasteiger partial charge in [0.25, 0.3) is 0 Å². The molecule has 10 heteroatoms. The Morgan fingerprint density at radius 2 is 1.94 bits per heavy atom. The second-order valence-electron chi connectivity index (χ2n) is 8.10. The van der Waals surface area contributed by atoms with Crippen LogP contribution in [0.5, 0.6) is 0 Å². The highest BCUT2D eigenvalue weighted by atomic mass is 35.5. The Hall–Kier alpha value is -1.49. The zero-order valence-electron chi connectivity index (χ0n) is 17.9.